The number of nitrogens with zero attached hydrogens (tertiary/aromatic N) is 5. The van der Waals surface area contributed by atoms with Crippen LogP contribution in [0.25, 0.3) is 0 Å². The molecular weight excluding hydrogens is 595 g/mol. The predicted molar refractivity (Wildman–Crippen MR) is 195 cm³/mol. The summed E-state index contributed by atoms with van der Waals surface area (Å²) >= 11 is 1.36. The molecule has 6 nitrogen and oxygen atoms in total. The molecule has 1 aliphatic carbocycles. The van der Waals surface area contributed by atoms with Gasteiger partial charge in [-0.2, -0.15) is 13.5 Å². The number of likely N-dealkylation sites (tertiary alicyclic amines) is 1. The SMILES string of the molecule is CCN1Cc2ccccc2C(C2CCCC2)(C2CCN(CC3CN(c4ccc(OSN(C)c5ccn(C)c5)cc4)C3)CC2)C1.S. The van der Waals surface area contributed by atoms with Crippen molar-refractivity contribution in [2.75, 3.05) is 62.1 Å². The Labute approximate surface area is 282 Å². The Kier molecular flexibility index (Phi) is 10.3. The molecule has 3 aromatic rings. The van der Waals surface area contributed by atoms with E-state index >= 15 is 0 Å². The first-order chi connectivity index (χ1) is 21.5. The van der Waals surface area contributed by atoms with Gasteiger partial charge in [0.25, 0.3) is 0 Å². The van der Waals surface area contributed by atoms with E-state index in [-0.39, 0.29) is 13.5 Å². The highest BCUT2D eigenvalue weighted by atomic mass is 32.2. The van der Waals surface area contributed by atoms with Crippen molar-refractivity contribution in [2.24, 2.45) is 24.8 Å². The van der Waals surface area contributed by atoms with Crippen LogP contribution < -0.4 is 13.4 Å². The average Bonchev–Trinajstić information content (AvgIpc) is 3.74. The first-order valence-corrected chi connectivity index (χ1v) is 17.8. The highest BCUT2D eigenvalue weighted by Crippen LogP contribution is 2.53. The van der Waals surface area contributed by atoms with Crippen molar-refractivity contribution < 1.29 is 4.18 Å². The molecule has 7 rings (SSSR count). The number of aryl methyl sites for hydroxylation is 1. The number of aromatic nitrogens is 1. The van der Waals surface area contributed by atoms with E-state index < -0.39 is 0 Å². The minimum absolute atomic E-state index is 0. The maximum absolute atomic E-state index is 5.97. The number of hydrogen-bond donors (Lipinski definition) is 0. The number of hydrogen-bond acceptors (Lipinski definition) is 6. The van der Waals surface area contributed by atoms with E-state index in [2.05, 4.69) is 82.4 Å². The highest BCUT2D eigenvalue weighted by Gasteiger charge is 2.51. The first-order valence-electron chi connectivity index (χ1n) is 17.1. The van der Waals surface area contributed by atoms with Crippen molar-refractivity contribution in [3.8, 4) is 5.75 Å². The summed E-state index contributed by atoms with van der Waals surface area (Å²) in [6.45, 7) is 12.1. The second kappa shape index (κ2) is 14.2. The molecule has 0 N–H and O–H groups in total. The fourth-order valence-electron chi connectivity index (χ4n) is 8.98. The van der Waals surface area contributed by atoms with Gasteiger partial charge in [0.2, 0.25) is 0 Å². The van der Waals surface area contributed by atoms with Gasteiger partial charge in [0.15, 0.2) is 12.2 Å². The van der Waals surface area contributed by atoms with Crippen molar-refractivity contribution in [3.63, 3.8) is 0 Å². The molecule has 3 fully saturated rings. The fraction of sp³-hybridized carbons (Fsp3) is 0.568. The number of piperidine rings is 1. The van der Waals surface area contributed by atoms with Crippen LogP contribution in [-0.4, -0.2) is 67.2 Å². The molecular formula is C37H53N5OS2. The number of fused-ring (bicyclic) bond motifs is 1. The molecule has 0 bridgehead atoms. The zero-order valence-corrected chi connectivity index (χ0v) is 29.4. The largest absolute Gasteiger partial charge is 0.405 e. The molecule has 1 aromatic heterocycles. The summed E-state index contributed by atoms with van der Waals surface area (Å²) in [4.78, 5) is 8.08. The molecule has 0 radical (unpaired) electrons. The molecule has 3 aliphatic heterocycles. The lowest BCUT2D eigenvalue weighted by molar-refractivity contribution is 0.0359. The van der Waals surface area contributed by atoms with Crippen molar-refractivity contribution in [1.29, 1.82) is 0 Å². The topological polar surface area (TPSA) is 27.1 Å². The maximum Gasteiger partial charge on any atom is 0.179 e. The lowest BCUT2D eigenvalue weighted by Gasteiger charge is -2.54. The zero-order valence-electron chi connectivity index (χ0n) is 27.5. The van der Waals surface area contributed by atoms with Crippen LogP contribution in [0.5, 0.6) is 5.75 Å². The zero-order chi connectivity index (χ0) is 30.1. The molecule has 45 heavy (non-hydrogen) atoms. The molecule has 4 heterocycles. The van der Waals surface area contributed by atoms with Crippen LogP contribution in [-0.2, 0) is 19.0 Å². The van der Waals surface area contributed by atoms with Crippen LogP contribution in [0.2, 0.25) is 0 Å². The van der Waals surface area contributed by atoms with Crippen LogP contribution in [0.4, 0.5) is 11.4 Å². The third-order valence-corrected chi connectivity index (χ3v) is 12.0. The molecule has 2 saturated heterocycles. The molecule has 8 heteroatoms. The minimum Gasteiger partial charge on any atom is -0.405 e. The van der Waals surface area contributed by atoms with Crippen molar-refractivity contribution in [2.45, 2.75) is 57.4 Å². The molecule has 0 amide bonds. The number of benzene rings is 2. The lowest BCUT2D eigenvalue weighted by Crippen LogP contribution is -2.57. The third kappa shape index (κ3) is 6.76. The minimum atomic E-state index is 0. The van der Waals surface area contributed by atoms with Gasteiger partial charge in [0.1, 0.15) is 5.75 Å². The van der Waals surface area contributed by atoms with Crippen LogP contribution >= 0.6 is 25.7 Å². The lowest BCUT2D eigenvalue weighted by atomic mass is 9.57. The Hall–Kier alpha value is -2.26. The molecule has 1 unspecified atom stereocenters. The highest BCUT2D eigenvalue weighted by molar-refractivity contribution is 7.96. The summed E-state index contributed by atoms with van der Waals surface area (Å²) in [7, 11) is 4.06. The van der Waals surface area contributed by atoms with Gasteiger partial charge in [0, 0.05) is 76.2 Å². The quantitative estimate of drug-likeness (QED) is 0.169. The van der Waals surface area contributed by atoms with Gasteiger partial charge in [-0.05, 0) is 98.6 Å². The predicted octanol–water partition coefficient (Wildman–Crippen LogP) is 7.33. The van der Waals surface area contributed by atoms with Crippen LogP contribution in [0.3, 0.4) is 0 Å². The van der Waals surface area contributed by atoms with Crippen molar-refractivity contribution in [1.82, 2.24) is 14.4 Å². The Morgan fingerprint density at radius 1 is 0.911 bits per heavy atom. The van der Waals surface area contributed by atoms with Gasteiger partial charge in [-0.1, -0.05) is 44.0 Å². The molecule has 2 aromatic carbocycles. The van der Waals surface area contributed by atoms with Gasteiger partial charge in [0.05, 0.1) is 5.69 Å². The molecule has 1 saturated carbocycles. The van der Waals surface area contributed by atoms with E-state index in [0.29, 0.717) is 5.41 Å². The number of anilines is 2. The molecule has 4 aliphatic rings. The Morgan fingerprint density at radius 2 is 1.62 bits per heavy atom. The van der Waals surface area contributed by atoms with Crippen molar-refractivity contribution in [3.05, 3.63) is 78.1 Å². The van der Waals surface area contributed by atoms with Crippen LogP contribution in [0.15, 0.2) is 67.0 Å². The van der Waals surface area contributed by atoms with Crippen LogP contribution in [0.1, 0.15) is 56.6 Å². The molecule has 0 spiro atoms. The van der Waals surface area contributed by atoms with Gasteiger partial charge in [-0.3, -0.25) is 9.21 Å². The van der Waals surface area contributed by atoms with Crippen molar-refractivity contribution >= 4 is 37.1 Å². The third-order valence-electron chi connectivity index (χ3n) is 11.3. The Bertz CT molecular complexity index is 1380. The van der Waals surface area contributed by atoms with E-state index in [4.69, 9.17) is 4.18 Å². The fourth-order valence-corrected chi connectivity index (χ4v) is 9.48. The van der Waals surface area contributed by atoms with E-state index in [1.165, 1.54) is 89.2 Å². The first kappa shape index (κ1) is 32.7. The second-order valence-corrected chi connectivity index (χ2v) is 14.9. The molecule has 1 atom stereocenters. The second-order valence-electron chi connectivity index (χ2n) is 14.0. The Balaban J connectivity index is 0.00000357. The summed E-state index contributed by atoms with van der Waals surface area (Å²) in [5, 5.41) is 0. The monoisotopic (exact) mass is 647 g/mol. The van der Waals surface area contributed by atoms with Gasteiger partial charge in [-0.25, -0.2) is 0 Å². The normalized spacial score (nSPS) is 23.4. The molecule has 244 valence electrons. The van der Waals surface area contributed by atoms with Crippen LogP contribution in [0, 0.1) is 17.8 Å². The summed E-state index contributed by atoms with van der Waals surface area (Å²) in [6, 6.07) is 20.3. The summed E-state index contributed by atoms with van der Waals surface area (Å²) in [5.41, 5.74) is 6.13. The summed E-state index contributed by atoms with van der Waals surface area (Å²) in [5.74, 6) is 3.32. The van der Waals surface area contributed by atoms with E-state index in [1.807, 2.05) is 29.2 Å². The van der Waals surface area contributed by atoms with Gasteiger partial charge < -0.3 is 18.6 Å². The Morgan fingerprint density at radius 3 is 2.31 bits per heavy atom. The average molecular weight is 648 g/mol. The smallest absolute Gasteiger partial charge is 0.179 e. The van der Waals surface area contributed by atoms with E-state index in [0.717, 1.165) is 48.8 Å². The summed E-state index contributed by atoms with van der Waals surface area (Å²) in [6.07, 6.45) is 12.6. The van der Waals surface area contributed by atoms with E-state index in [1.54, 1.807) is 11.1 Å². The standard InChI is InChI=1S/C37H51N5OS.H2S/c1-4-40-26-30-9-5-8-12-36(30)37(28-40,31-10-6-7-11-31)32-17-21-41(22-18-32)23-29-24-42(25-29)33-13-15-35(16-14-33)43-44-39(3)34-19-20-38(2)27-34;/h5,8-9,12-16,19-20,27,29,31-32H,4,6-7,10-11,17-18,21-26,28H2,1-3H3;1H2. The number of rotatable bonds is 10. The van der Waals surface area contributed by atoms with Gasteiger partial charge >= 0.3 is 0 Å². The number of likely N-dealkylation sites (N-methyl/N-ethyl adjacent to an activating group) is 1. The maximum atomic E-state index is 5.97. The van der Waals surface area contributed by atoms with E-state index in [9.17, 15) is 0 Å². The summed E-state index contributed by atoms with van der Waals surface area (Å²) < 4.78 is 10.1. The van der Waals surface area contributed by atoms with Gasteiger partial charge in [-0.15, -0.1) is 0 Å².